The fourth-order valence-corrected chi connectivity index (χ4v) is 3.85. The average molecular weight is 534 g/mol. The number of carboxylic acid groups (broad SMARTS) is 2. The molecule has 3 amide bonds. The molecule has 0 bridgehead atoms. The highest BCUT2D eigenvalue weighted by Crippen LogP contribution is 2.19. The number of H-pyrrole nitrogens is 1. The number of carbonyl (C=O) groups is 5. The van der Waals surface area contributed by atoms with Gasteiger partial charge in [0.25, 0.3) is 0 Å². The third kappa shape index (κ3) is 8.85. The monoisotopic (exact) mass is 533 g/mol. The Morgan fingerprint density at radius 1 is 0.921 bits per heavy atom. The molecule has 4 unspecified atom stereocenters. The van der Waals surface area contributed by atoms with E-state index in [1.165, 1.54) is 0 Å². The van der Waals surface area contributed by atoms with Crippen molar-refractivity contribution in [1.29, 1.82) is 0 Å². The second-order valence-corrected chi connectivity index (χ2v) is 9.44. The number of hydrogen-bond donors (Lipinski definition) is 8. The third-order valence-electron chi connectivity index (χ3n) is 5.88. The maximum atomic E-state index is 13.3. The first-order chi connectivity index (χ1) is 17.9. The number of aliphatic hydroxyl groups is 1. The van der Waals surface area contributed by atoms with Crippen LogP contribution in [0.15, 0.2) is 30.5 Å². The summed E-state index contributed by atoms with van der Waals surface area (Å²) < 4.78 is 0. The number of fused-ring (bicyclic) bond motifs is 1. The summed E-state index contributed by atoms with van der Waals surface area (Å²) in [5, 5.41) is 35.6. The van der Waals surface area contributed by atoms with Gasteiger partial charge >= 0.3 is 11.9 Å². The number of nitrogens with one attached hydrogen (secondary N) is 4. The standard InChI is InChI=1S/C25H35N5O8/c1-13(2)9-18(28-22(34)16(26)7-8-21(32)33)23(35)29-19(24(36)30-20(12-31)25(37)38)10-14-11-27-17-6-4-3-5-15(14)17/h3-6,11,13,16,18-20,27,31H,7-10,12,26H2,1-2H3,(H,28,34)(H,29,35)(H,30,36)(H,32,33)(H,37,38). The van der Waals surface area contributed by atoms with E-state index in [2.05, 4.69) is 20.9 Å². The van der Waals surface area contributed by atoms with Crippen LogP contribution in [0.25, 0.3) is 10.9 Å². The number of amides is 3. The van der Waals surface area contributed by atoms with Crippen molar-refractivity contribution in [3.8, 4) is 0 Å². The molecule has 38 heavy (non-hydrogen) atoms. The molecule has 0 spiro atoms. The van der Waals surface area contributed by atoms with Gasteiger partial charge in [-0.05, 0) is 30.4 Å². The maximum Gasteiger partial charge on any atom is 0.328 e. The number of benzene rings is 1. The van der Waals surface area contributed by atoms with Gasteiger partial charge in [0.05, 0.1) is 12.6 Å². The lowest BCUT2D eigenvalue weighted by Gasteiger charge is -2.26. The number of hydrogen-bond acceptors (Lipinski definition) is 7. The number of aromatic nitrogens is 1. The van der Waals surface area contributed by atoms with Crippen LogP contribution >= 0.6 is 0 Å². The van der Waals surface area contributed by atoms with Gasteiger partial charge in [0, 0.05) is 29.9 Å². The van der Waals surface area contributed by atoms with E-state index in [1.54, 1.807) is 12.3 Å². The van der Waals surface area contributed by atoms with Crippen molar-refractivity contribution in [3.05, 3.63) is 36.0 Å². The molecule has 1 aromatic carbocycles. The molecule has 13 heteroatoms. The van der Waals surface area contributed by atoms with Gasteiger partial charge in [0.15, 0.2) is 0 Å². The molecule has 0 saturated heterocycles. The Kier molecular flexibility index (Phi) is 11.2. The Morgan fingerprint density at radius 2 is 1.53 bits per heavy atom. The Balaban J connectivity index is 2.27. The van der Waals surface area contributed by atoms with E-state index in [4.69, 9.17) is 10.8 Å². The summed E-state index contributed by atoms with van der Waals surface area (Å²) in [4.78, 5) is 64.1. The highest BCUT2D eigenvalue weighted by Gasteiger charge is 2.31. The zero-order chi connectivity index (χ0) is 28.4. The minimum Gasteiger partial charge on any atom is -0.481 e. The van der Waals surface area contributed by atoms with Crippen molar-refractivity contribution in [2.75, 3.05) is 6.61 Å². The summed E-state index contributed by atoms with van der Waals surface area (Å²) >= 11 is 0. The predicted molar refractivity (Wildman–Crippen MR) is 137 cm³/mol. The first-order valence-electron chi connectivity index (χ1n) is 12.2. The van der Waals surface area contributed by atoms with E-state index in [-0.39, 0.29) is 31.6 Å². The molecule has 208 valence electrons. The molecule has 0 aliphatic rings. The van der Waals surface area contributed by atoms with E-state index in [9.17, 15) is 34.2 Å². The second-order valence-electron chi connectivity index (χ2n) is 9.44. The van der Waals surface area contributed by atoms with Crippen molar-refractivity contribution in [2.24, 2.45) is 11.7 Å². The minimum absolute atomic E-state index is 0.0141. The average Bonchev–Trinajstić information content (AvgIpc) is 3.26. The van der Waals surface area contributed by atoms with Gasteiger partial charge in [-0.2, -0.15) is 0 Å². The molecule has 9 N–H and O–H groups in total. The van der Waals surface area contributed by atoms with E-state index in [0.717, 1.165) is 10.9 Å². The number of aliphatic carboxylic acids is 2. The largest absolute Gasteiger partial charge is 0.481 e. The van der Waals surface area contributed by atoms with Crippen LogP contribution in [0.2, 0.25) is 0 Å². The van der Waals surface area contributed by atoms with Crippen LogP contribution in [0.1, 0.15) is 38.7 Å². The van der Waals surface area contributed by atoms with Crippen molar-refractivity contribution in [1.82, 2.24) is 20.9 Å². The fraction of sp³-hybridized carbons (Fsp3) is 0.480. The van der Waals surface area contributed by atoms with Gasteiger partial charge in [0.1, 0.15) is 18.1 Å². The summed E-state index contributed by atoms with van der Waals surface area (Å²) in [5.74, 6) is -4.85. The molecule has 0 fully saturated rings. The molecule has 2 rings (SSSR count). The summed E-state index contributed by atoms with van der Waals surface area (Å²) in [6.07, 6.45) is 1.41. The van der Waals surface area contributed by atoms with Crippen molar-refractivity contribution >= 4 is 40.6 Å². The zero-order valence-corrected chi connectivity index (χ0v) is 21.3. The van der Waals surface area contributed by atoms with E-state index < -0.39 is 60.4 Å². The molecule has 0 aliphatic carbocycles. The second kappa shape index (κ2) is 14.1. The summed E-state index contributed by atoms with van der Waals surface area (Å²) in [7, 11) is 0. The van der Waals surface area contributed by atoms with Gasteiger partial charge in [0.2, 0.25) is 17.7 Å². The quantitative estimate of drug-likeness (QED) is 0.147. The number of carboxylic acids is 2. The summed E-state index contributed by atoms with van der Waals surface area (Å²) in [6, 6.07) is 2.22. The Hall–Kier alpha value is -3.97. The number of para-hydroxylation sites is 1. The van der Waals surface area contributed by atoms with Crippen LogP contribution in [-0.2, 0) is 30.4 Å². The highest BCUT2D eigenvalue weighted by molar-refractivity contribution is 5.95. The van der Waals surface area contributed by atoms with Crippen molar-refractivity contribution in [2.45, 2.75) is 63.7 Å². The molecule has 0 saturated carbocycles. The SMILES string of the molecule is CC(C)CC(NC(=O)C(N)CCC(=O)O)C(=O)NC(Cc1c[nH]c2ccccc12)C(=O)NC(CO)C(=O)O. The lowest BCUT2D eigenvalue weighted by molar-refractivity contribution is -0.143. The van der Waals surface area contributed by atoms with E-state index in [1.807, 2.05) is 32.0 Å². The third-order valence-corrected chi connectivity index (χ3v) is 5.88. The molecule has 0 radical (unpaired) electrons. The molecule has 0 aliphatic heterocycles. The van der Waals surface area contributed by atoms with Gasteiger partial charge in [-0.1, -0.05) is 32.0 Å². The normalized spacial score (nSPS) is 14.3. The van der Waals surface area contributed by atoms with Gasteiger partial charge in [-0.3, -0.25) is 19.2 Å². The topological polar surface area (TPSA) is 224 Å². The van der Waals surface area contributed by atoms with Crippen LogP contribution in [-0.4, -0.2) is 80.7 Å². The first kappa shape index (κ1) is 30.3. The Bertz CT molecular complexity index is 1150. The lowest BCUT2D eigenvalue weighted by Crippen LogP contribution is -2.58. The fourth-order valence-electron chi connectivity index (χ4n) is 3.85. The summed E-state index contributed by atoms with van der Waals surface area (Å²) in [5.41, 5.74) is 7.26. The Labute approximate surface area is 219 Å². The molecule has 4 atom stereocenters. The predicted octanol–water partition coefficient (Wildman–Crippen LogP) is -0.520. The van der Waals surface area contributed by atoms with Crippen LogP contribution in [0, 0.1) is 5.92 Å². The molecule has 2 aromatic rings. The molecule has 1 aromatic heterocycles. The van der Waals surface area contributed by atoms with Crippen molar-refractivity contribution < 1.29 is 39.3 Å². The van der Waals surface area contributed by atoms with Gasteiger partial charge < -0.3 is 42.0 Å². The highest BCUT2D eigenvalue weighted by atomic mass is 16.4. The Morgan fingerprint density at radius 3 is 2.13 bits per heavy atom. The summed E-state index contributed by atoms with van der Waals surface area (Å²) in [6.45, 7) is 2.80. The van der Waals surface area contributed by atoms with Gasteiger partial charge in [-0.25, -0.2) is 4.79 Å². The van der Waals surface area contributed by atoms with Crippen molar-refractivity contribution in [3.63, 3.8) is 0 Å². The molecule has 13 nitrogen and oxygen atoms in total. The van der Waals surface area contributed by atoms with Crippen LogP contribution in [0.5, 0.6) is 0 Å². The number of carbonyl (C=O) groups excluding carboxylic acids is 3. The van der Waals surface area contributed by atoms with E-state index in [0.29, 0.717) is 5.56 Å². The van der Waals surface area contributed by atoms with Crippen LogP contribution in [0.3, 0.4) is 0 Å². The number of aliphatic hydroxyl groups excluding tert-OH is 1. The van der Waals surface area contributed by atoms with Crippen LogP contribution < -0.4 is 21.7 Å². The maximum absolute atomic E-state index is 13.3. The smallest absolute Gasteiger partial charge is 0.328 e. The lowest BCUT2D eigenvalue weighted by atomic mass is 10.00. The molecular weight excluding hydrogens is 498 g/mol. The zero-order valence-electron chi connectivity index (χ0n) is 21.3. The number of aromatic amines is 1. The number of nitrogens with two attached hydrogens (primary N) is 1. The molecular formula is C25H35N5O8. The minimum atomic E-state index is -1.58. The van der Waals surface area contributed by atoms with Crippen LogP contribution in [0.4, 0.5) is 0 Å². The molecule has 1 heterocycles. The first-order valence-corrected chi connectivity index (χ1v) is 12.2. The van der Waals surface area contributed by atoms with Gasteiger partial charge in [-0.15, -0.1) is 0 Å². The number of rotatable bonds is 15. The van der Waals surface area contributed by atoms with E-state index >= 15 is 0 Å².